The summed E-state index contributed by atoms with van der Waals surface area (Å²) in [6.07, 6.45) is 2.68. The Balaban J connectivity index is 2.12. The van der Waals surface area contributed by atoms with Crippen LogP contribution in [0.4, 0.5) is 5.69 Å². The molecule has 0 amide bonds. The lowest BCUT2D eigenvalue weighted by atomic mass is 10.1. The van der Waals surface area contributed by atoms with Crippen LogP contribution in [-0.2, 0) is 6.42 Å². The number of aromatic hydroxyl groups is 1. The summed E-state index contributed by atoms with van der Waals surface area (Å²) in [6, 6.07) is 14.7. The van der Waals surface area contributed by atoms with E-state index >= 15 is 0 Å². The van der Waals surface area contributed by atoms with Crippen molar-refractivity contribution in [3.8, 4) is 17.7 Å². The van der Waals surface area contributed by atoms with Gasteiger partial charge in [0.1, 0.15) is 11.5 Å². The Bertz CT molecular complexity index is 797. The first-order chi connectivity index (χ1) is 13.0. The average molecular weight is 367 g/mol. The van der Waals surface area contributed by atoms with Gasteiger partial charge in [-0.1, -0.05) is 24.3 Å². The van der Waals surface area contributed by atoms with E-state index < -0.39 is 0 Å². The number of hydrogen-bond donors (Lipinski definition) is 3. The molecule has 142 valence electrons. The van der Waals surface area contributed by atoms with Gasteiger partial charge in [0.05, 0.1) is 19.3 Å². The van der Waals surface area contributed by atoms with Gasteiger partial charge in [-0.25, -0.2) is 0 Å². The van der Waals surface area contributed by atoms with Crippen LogP contribution in [0.15, 0.2) is 53.5 Å². The van der Waals surface area contributed by atoms with E-state index in [1.165, 1.54) is 0 Å². The molecule has 7 heteroatoms. The Morgan fingerprint density at radius 3 is 2.56 bits per heavy atom. The molecule has 2 aromatic rings. The molecule has 2 rings (SSSR count). The number of phenols is 1. The fraction of sp³-hybridized carbons (Fsp3) is 0.300. The molecule has 0 aliphatic carbocycles. The highest BCUT2D eigenvalue weighted by Gasteiger charge is 2.13. The molecular formula is C20H25N5O2. The molecule has 3 N–H and O–H groups in total. The topological polar surface area (TPSA) is 92.9 Å². The highest BCUT2D eigenvalue weighted by molar-refractivity contribution is 5.95. The summed E-state index contributed by atoms with van der Waals surface area (Å²) in [5.41, 5.74) is 1.83. The first kappa shape index (κ1) is 20.1. The molecule has 2 aromatic carbocycles. The number of rotatable bonds is 7. The van der Waals surface area contributed by atoms with Crippen molar-refractivity contribution in [2.45, 2.75) is 12.5 Å². The molecule has 0 fully saturated rings. The van der Waals surface area contributed by atoms with Gasteiger partial charge in [-0.2, -0.15) is 5.26 Å². The first-order valence-electron chi connectivity index (χ1n) is 8.57. The van der Waals surface area contributed by atoms with Crippen molar-refractivity contribution < 1.29 is 9.84 Å². The number of phenolic OH excluding ortho intramolecular Hbond substituents is 1. The third-order valence-electron chi connectivity index (χ3n) is 4.13. The second-order valence-corrected chi connectivity index (χ2v) is 6.24. The molecule has 27 heavy (non-hydrogen) atoms. The van der Waals surface area contributed by atoms with Crippen molar-refractivity contribution in [1.29, 1.82) is 5.26 Å². The number of anilines is 1. The predicted molar refractivity (Wildman–Crippen MR) is 107 cm³/mol. The predicted octanol–water partition coefficient (Wildman–Crippen LogP) is 2.41. The molecule has 0 saturated carbocycles. The Morgan fingerprint density at radius 1 is 1.22 bits per heavy atom. The van der Waals surface area contributed by atoms with Gasteiger partial charge in [0.2, 0.25) is 5.96 Å². The summed E-state index contributed by atoms with van der Waals surface area (Å²) >= 11 is 0. The van der Waals surface area contributed by atoms with Crippen LogP contribution >= 0.6 is 0 Å². The molecule has 0 bridgehead atoms. The van der Waals surface area contributed by atoms with E-state index in [0.29, 0.717) is 18.3 Å². The largest absolute Gasteiger partial charge is 0.508 e. The fourth-order valence-corrected chi connectivity index (χ4v) is 2.55. The van der Waals surface area contributed by atoms with Crippen molar-refractivity contribution in [3.05, 3.63) is 54.1 Å². The number of methoxy groups -OCH3 is 1. The Labute approximate surface area is 159 Å². The third-order valence-corrected chi connectivity index (χ3v) is 4.13. The molecule has 0 heterocycles. The van der Waals surface area contributed by atoms with Gasteiger partial charge in [0, 0.05) is 6.04 Å². The number of para-hydroxylation sites is 2. The van der Waals surface area contributed by atoms with Crippen molar-refractivity contribution >= 4 is 11.6 Å². The Morgan fingerprint density at radius 2 is 1.93 bits per heavy atom. The van der Waals surface area contributed by atoms with E-state index in [9.17, 15) is 5.11 Å². The Kier molecular flexibility index (Phi) is 7.47. The molecule has 7 nitrogen and oxygen atoms in total. The molecule has 0 aliphatic rings. The summed E-state index contributed by atoms with van der Waals surface area (Å²) in [4.78, 5) is 6.63. The van der Waals surface area contributed by atoms with Crippen molar-refractivity contribution in [2.24, 2.45) is 4.99 Å². The number of benzene rings is 2. The zero-order valence-corrected chi connectivity index (χ0v) is 15.8. The number of guanidine groups is 1. The van der Waals surface area contributed by atoms with Crippen LogP contribution in [0.5, 0.6) is 11.5 Å². The second kappa shape index (κ2) is 10.0. The van der Waals surface area contributed by atoms with Gasteiger partial charge >= 0.3 is 0 Å². The fourth-order valence-electron chi connectivity index (χ4n) is 2.55. The normalized spacial score (nSPS) is 12.3. The van der Waals surface area contributed by atoms with Gasteiger partial charge in [0.25, 0.3) is 0 Å². The molecule has 0 spiro atoms. The maximum atomic E-state index is 9.43. The molecule has 0 aliphatic heterocycles. The maximum absolute atomic E-state index is 9.43. The SMILES string of the molecule is COc1ccccc1NC(=NCC(Cc1ccc(O)cc1)N(C)C)NC#N. The van der Waals surface area contributed by atoms with Crippen molar-refractivity contribution in [2.75, 3.05) is 33.1 Å². The lowest BCUT2D eigenvalue weighted by Gasteiger charge is -2.23. The summed E-state index contributed by atoms with van der Waals surface area (Å²) in [6.45, 7) is 0.486. The van der Waals surface area contributed by atoms with Crippen molar-refractivity contribution in [1.82, 2.24) is 10.2 Å². The number of aliphatic imine (C=N–C) groups is 1. The van der Waals surface area contributed by atoms with E-state index in [4.69, 9.17) is 10.00 Å². The summed E-state index contributed by atoms with van der Waals surface area (Å²) in [5, 5.41) is 24.1. The minimum Gasteiger partial charge on any atom is -0.508 e. The van der Waals surface area contributed by atoms with E-state index in [1.54, 1.807) is 19.2 Å². The van der Waals surface area contributed by atoms with Crippen LogP contribution in [0.2, 0.25) is 0 Å². The maximum Gasteiger partial charge on any atom is 0.209 e. The minimum absolute atomic E-state index is 0.129. The number of nitrogens with zero attached hydrogens (tertiary/aromatic N) is 3. The standard InChI is InChI=1S/C20H25N5O2/c1-25(2)16(12-15-8-10-17(26)11-9-15)13-22-20(23-14-21)24-18-6-4-5-7-19(18)27-3/h4-11,16,26H,12-13H2,1-3H3,(H2,22,23,24). The molecular weight excluding hydrogens is 342 g/mol. The van der Waals surface area contributed by atoms with Gasteiger partial charge in [-0.3, -0.25) is 10.3 Å². The van der Waals surface area contributed by atoms with Crippen LogP contribution in [0, 0.1) is 11.5 Å². The lowest BCUT2D eigenvalue weighted by molar-refractivity contribution is 0.298. The van der Waals surface area contributed by atoms with E-state index in [2.05, 4.69) is 20.5 Å². The number of likely N-dealkylation sites (N-methyl/N-ethyl adjacent to an activating group) is 1. The highest BCUT2D eigenvalue weighted by Crippen LogP contribution is 2.22. The van der Waals surface area contributed by atoms with Gasteiger partial charge < -0.3 is 20.1 Å². The van der Waals surface area contributed by atoms with Crippen LogP contribution < -0.4 is 15.4 Å². The zero-order chi connectivity index (χ0) is 19.6. The van der Waals surface area contributed by atoms with Gasteiger partial charge in [-0.15, -0.1) is 0 Å². The smallest absolute Gasteiger partial charge is 0.209 e. The monoisotopic (exact) mass is 367 g/mol. The average Bonchev–Trinajstić information content (AvgIpc) is 2.66. The number of nitrogens with one attached hydrogen (secondary N) is 2. The van der Waals surface area contributed by atoms with E-state index in [1.807, 2.05) is 56.7 Å². The molecule has 1 unspecified atom stereocenters. The van der Waals surface area contributed by atoms with Crippen LogP contribution in [0.1, 0.15) is 5.56 Å². The van der Waals surface area contributed by atoms with Crippen LogP contribution in [-0.4, -0.2) is 49.8 Å². The minimum atomic E-state index is 0.129. The first-order valence-corrected chi connectivity index (χ1v) is 8.57. The Hall–Kier alpha value is -3.24. The highest BCUT2D eigenvalue weighted by atomic mass is 16.5. The molecule has 0 saturated heterocycles. The molecule has 0 aromatic heterocycles. The zero-order valence-electron chi connectivity index (χ0n) is 15.8. The second-order valence-electron chi connectivity index (χ2n) is 6.24. The van der Waals surface area contributed by atoms with Crippen LogP contribution in [0.3, 0.4) is 0 Å². The summed E-state index contributed by atoms with van der Waals surface area (Å²) in [7, 11) is 5.58. The van der Waals surface area contributed by atoms with Crippen LogP contribution in [0.25, 0.3) is 0 Å². The van der Waals surface area contributed by atoms with Crippen molar-refractivity contribution in [3.63, 3.8) is 0 Å². The van der Waals surface area contributed by atoms with E-state index in [-0.39, 0.29) is 11.8 Å². The van der Waals surface area contributed by atoms with E-state index in [0.717, 1.165) is 17.7 Å². The quantitative estimate of drug-likeness (QED) is 0.301. The van der Waals surface area contributed by atoms with Gasteiger partial charge in [0.15, 0.2) is 6.19 Å². The summed E-state index contributed by atoms with van der Waals surface area (Å²) in [5.74, 6) is 1.28. The lowest BCUT2D eigenvalue weighted by Crippen LogP contribution is -2.35. The van der Waals surface area contributed by atoms with Gasteiger partial charge in [-0.05, 0) is 50.3 Å². The number of hydrogen-bond acceptors (Lipinski definition) is 5. The third kappa shape index (κ3) is 6.20. The number of nitriles is 1. The molecule has 0 radical (unpaired) electrons. The molecule has 1 atom stereocenters. The number of ether oxygens (including phenoxy) is 1. The summed E-state index contributed by atoms with van der Waals surface area (Å²) < 4.78 is 5.32.